The first-order valence-electron chi connectivity index (χ1n) is 10.2. The van der Waals surface area contributed by atoms with Crippen molar-refractivity contribution in [3.63, 3.8) is 0 Å². The Morgan fingerprint density at radius 1 is 1.23 bits per heavy atom. The highest BCUT2D eigenvalue weighted by Gasteiger charge is 2.60. The number of nitrogens with zero attached hydrogens (tertiary/aromatic N) is 1. The predicted octanol–water partition coefficient (Wildman–Crippen LogP) is 3.12. The first kappa shape index (κ1) is 25.0. The molecule has 8 nitrogen and oxygen atoms in total. The van der Waals surface area contributed by atoms with Crippen LogP contribution in [0.3, 0.4) is 0 Å². The van der Waals surface area contributed by atoms with Crippen molar-refractivity contribution in [2.75, 3.05) is 19.5 Å². The van der Waals surface area contributed by atoms with Crippen LogP contribution in [-0.4, -0.2) is 73.2 Å². The van der Waals surface area contributed by atoms with Gasteiger partial charge in [-0.25, -0.2) is 9.59 Å². The summed E-state index contributed by atoms with van der Waals surface area (Å²) in [6, 6.07) is -0.660. The van der Waals surface area contributed by atoms with Crippen LogP contribution in [0.1, 0.15) is 48.0 Å². The lowest BCUT2D eigenvalue weighted by Crippen LogP contribution is -2.61. The van der Waals surface area contributed by atoms with Gasteiger partial charge in [0.1, 0.15) is 17.2 Å². The molecule has 0 bridgehead atoms. The van der Waals surface area contributed by atoms with Crippen molar-refractivity contribution in [2.45, 2.75) is 88.7 Å². The van der Waals surface area contributed by atoms with Crippen LogP contribution in [0.4, 0.5) is 4.79 Å². The molecule has 2 amide bonds. The van der Waals surface area contributed by atoms with E-state index in [1.54, 1.807) is 25.7 Å². The van der Waals surface area contributed by atoms with E-state index in [0.29, 0.717) is 12.2 Å². The molecular formula is C20H36N2O6SSi. The third kappa shape index (κ3) is 5.13. The molecule has 2 fully saturated rings. The molecule has 1 N–H and O–H groups in total. The summed E-state index contributed by atoms with van der Waals surface area (Å²) in [6.07, 6.45) is -0.326. The molecule has 0 spiro atoms. The van der Waals surface area contributed by atoms with Crippen LogP contribution < -0.4 is 5.32 Å². The number of carbonyl (C=O) groups excluding carboxylic acids is 3. The molecule has 0 aromatic heterocycles. The molecule has 0 saturated carbocycles. The molecule has 2 aliphatic rings. The van der Waals surface area contributed by atoms with Crippen molar-refractivity contribution >= 4 is 38.0 Å². The van der Waals surface area contributed by atoms with E-state index in [-0.39, 0.29) is 22.9 Å². The van der Waals surface area contributed by atoms with Crippen molar-refractivity contribution in [1.29, 1.82) is 0 Å². The summed E-state index contributed by atoms with van der Waals surface area (Å²) in [6.45, 7) is 15.9. The summed E-state index contributed by atoms with van der Waals surface area (Å²) in [7, 11) is -0.877. The van der Waals surface area contributed by atoms with Gasteiger partial charge in [-0.1, -0.05) is 20.8 Å². The van der Waals surface area contributed by atoms with Gasteiger partial charge in [0.2, 0.25) is 0 Å². The standard InChI is InChI=1S/C20H36N2O6SSi/c1-18(2,3)28-17(25)21-20(12-27-30(8,9)19(4,5)6)10-14-22(16(20)24)13(11-29-14)15(23)26-7/h13-14H,10-12H2,1-9H3,(H,21,25)/t13-,14-,20-/m0/s1. The second-order valence-corrected chi connectivity index (χ2v) is 16.5. The SMILES string of the molecule is COC(=O)[C@@H]1CS[C@H]2C[C@@](CO[Si](C)(C)C(C)(C)C)(NC(=O)OC(C)(C)C)C(=O)N21. The Hall–Kier alpha value is -1.26. The third-order valence-corrected chi connectivity index (χ3v) is 11.7. The molecule has 0 aromatic carbocycles. The van der Waals surface area contributed by atoms with Gasteiger partial charge in [-0.3, -0.25) is 4.79 Å². The molecule has 2 rings (SSSR count). The molecule has 3 atom stereocenters. The fourth-order valence-corrected chi connectivity index (χ4v) is 5.77. The van der Waals surface area contributed by atoms with Crippen molar-refractivity contribution in [2.24, 2.45) is 0 Å². The van der Waals surface area contributed by atoms with Gasteiger partial charge in [0, 0.05) is 12.2 Å². The maximum atomic E-state index is 13.6. The van der Waals surface area contributed by atoms with Crippen LogP contribution in [0.15, 0.2) is 0 Å². The first-order valence-corrected chi connectivity index (χ1v) is 14.2. The number of carbonyl (C=O) groups is 3. The molecule has 0 unspecified atom stereocenters. The molecule has 2 aliphatic heterocycles. The number of rotatable bonds is 5. The molecule has 30 heavy (non-hydrogen) atoms. The van der Waals surface area contributed by atoms with Gasteiger partial charge in [0.15, 0.2) is 8.32 Å². The summed E-state index contributed by atoms with van der Waals surface area (Å²) >= 11 is 1.52. The fraction of sp³-hybridized carbons (Fsp3) is 0.850. The Labute approximate surface area is 184 Å². The minimum absolute atomic E-state index is 0.0447. The van der Waals surface area contributed by atoms with Gasteiger partial charge in [0.05, 0.1) is 19.1 Å². The van der Waals surface area contributed by atoms with Gasteiger partial charge in [-0.2, -0.15) is 0 Å². The third-order valence-electron chi connectivity index (χ3n) is 5.96. The maximum Gasteiger partial charge on any atom is 0.408 e. The van der Waals surface area contributed by atoms with Gasteiger partial charge < -0.3 is 24.1 Å². The normalized spacial score (nSPS) is 27.1. The molecule has 0 radical (unpaired) electrons. The van der Waals surface area contributed by atoms with E-state index in [2.05, 4.69) is 39.2 Å². The molecule has 172 valence electrons. The van der Waals surface area contributed by atoms with Crippen LogP contribution >= 0.6 is 11.8 Å². The topological polar surface area (TPSA) is 94.2 Å². The molecule has 0 aliphatic carbocycles. The monoisotopic (exact) mass is 460 g/mol. The average molecular weight is 461 g/mol. The Balaban J connectivity index is 2.32. The summed E-state index contributed by atoms with van der Waals surface area (Å²) in [5, 5.41) is 2.53. The smallest absolute Gasteiger partial charge is 0.408 e. The zero-order valence-corrected chi connectivity index (χ0v) is 21.4. The highest BCUT2D eigenvalue weighted by molar-refractivity contribution is 8.00. The van der Waals surface area contributed by atoms with Gasteiger partial charge in [0.25, 0.3) is 5.91 Å². The number of fused-ring (bicyclic) bond motifs is 1. The van der Waals surface area contributed by atoms with Crippen LogP contribution in [0.25, 0.3) is 0 Å². The number of alkyl carbamates (subject to hydrolysis) is 1. The van der Waals surface area contributed by atoms with E-state index < -0.39 is 37.6 Å². The Bertz CT molecular complexity index is 702. The van der Waals surface area contributed by atoms with Crippen molar-refractivity contribution < 1.29 is 28.3 Å². The minimum Gasteiger partial charge on any atom is -0.467 e. The Morgan fingerprint density at radius 2 is 1.83 bits per heavy atom. The second kappa shape index (κ2) is 8.35. The number of hydrogen-bond acceptors (Lipinski definition) is 7. The highest BCUT2D eigenvalue weighted by Crippen LogP contribution is 2.44. The molecule has 0 aromatic rings. The zero-order valence-electron chi connectivity index (χ0n) is 19.6. The average Bonchev–Trinajstić information content (AvgIpc) is 3.09. The van der Waals surface area contributed by atoms with Crippen LogP contribution in [0.5, 0.6) is 0 Å². The van der Waals surface area contributed by atoms with E-state index in [1.807, 2.05) is 0 Å². The maximum absolute atomic E-state index is 13.6. The van der Waals surface area contributed by atoms with E-state index in [4.69, 9.17) is 13.9 Å². The number of thioether (sulfide) groups is 1. The number of hydrogen-bond donors (Lipinski definition) is 1. The summed E-state index contributed by atoms with van der Waals surface area (Å²) in [5.41, 5.74) is -1.98. The molecular weight excluding hydrogens is 424 g/mol. The van der Waals surface area contributed by atoms with Gasteiger partial charge in [-0.05, 0) is 38.9 Å². The largest absolute Gasteiger partial charge is 0.467 e. The van der Waals surface area contributed by atoms with E-state index in [0.717, 1.165) is 0 Å². The molecule has 2 saturated heterocycles. The first-order chi connectivity index (χ1) is 13.5. The lowest BCUT2D eigenvalue weighted by Gasteiger charge is -2.39. The lowest BCUT2D eigenvalue weighted by molar-refractivity contribution is -0.151. The van der Waals surface area contributed by atoms with Crippen molar-refractivity contribution in [3.05, 3.63) is 0 Å². The Kier molecular flexibility index (Phi) is 6.96. The number of amides is 2. The summed E-state index contributed by atoms with van der Waals surface area (Å²) < 4.78 is 16.7. The zero-order chi connectivity index (χ0) is 23.1. The number of esters is 1. The van der Waals surface area contributed by atoms with E-state index >= 15 is 0 Å². The second-order valence-electron chi connectivity index (χ2n) is 10.5. The van der Waals surface area contributed by atoms with Crippen molar-refractivity contribution in [1.82, 2.24) is 10.2 Å². The highest BCUT2D eigenvalue weighted by atomic mass is 32.2. The lowest BCUT2D eigenvalue weighted by atomic mass is 9.99. The molecule has 10 heteroatoms. The Morgan fingerprint density at radius 3 is 2.33 bits per heavy atom. The van der Waals surface area contributed by atoms with Crippen LogP contribution in [0, 0.1) is 0 Å². The van der Waals surface area contributed by atoms with Crippen molar-refractivity contribution in [3.8, 4) is 0 Å². The summed E-state index contributed by atoms with van der Waals surface area (Å²) in [4.78, 5) is 40.0. The van der Waals surface area contributed by atoms with E-state index in [9.17, 15) is 14.4 Å². The summed E-state index contributed by atoms with van der Waals surface area (Å²) in [5.74, 6) is -0.288. The molecule has 2 heterocycles. The minimum atomic E-state index is -2.19. The number of ether oxygens (including phenoxy) is 2. The van der Waals surface area contributed by atoms with E-state index in [1.165, 1.54) is 18.9 Å². The van der Waals surface area contributed by atoms with Crippen LogP contribution in [0.2, 0.25) is 18.1 Å². The van der Waals surface area contributed by atoms with Crippen LogP contribution in [-0.2, 0) is 23.5 Å². The van der Waals surface area contributed by atoms with Gasteiger partial charge >= 0.3 is 12.1 Å². The quantitative estimate of drug-likeness (QED) is 0.497. The fourth-order valence-electron chi connectivity index (χ4n) is 3.22. The predicted molar refractivity (Wildman–Crippen MR) is 119 cm³/mol. The van der Waals surface area contributed by atoms with Gasteiger partial charge in [-0.15, -0.1) is 11.8 Å². The number of nitrogens with one attached hydrogen (secondary N) is 1. The number of methoxy groups -OCH3 is 1.